The van der Waals surface area contributed by atoms with E-state index in [2.05, 4.69) is 17.1 Å². The molecule has 1 N–H and O–H groups in total. The van der Waals surface area contributed by atoms with Crippen LogP contribution in [0.3, 0.4) is 0 Å². The number of hydrogen-bond acceptors (Lipinski definition) is 3. The second-order valence-electron chi connectivity index (χ2n) is 4.22. The molecule has 94 valence electrons. The van der Waals surface area contributed by atoms with Gasteiger partial charge in [-0.25, -0.2) is 4.39 Å². The molecule has 1 aromatic carbocycles. The van der Waals surface area contributed by atoms with Gasteiger partial charge in [-0.15, -0.1) is 11.8 Å². The quantitative estimate of drug-likeness (QED) is 0.784. The Kier molecular flexibility index (Phi) is 4.83. The Morgan fingerprint density at radius 3 is 2.76 bits per heavy atom. The number of rotatable bonds is 6. The van der Waals surface area contributed by atoms with Crippen LogP contribution in [0.1, 0.15) is 6.92 Å². The van der Waals surface area contributed by atoms with Gasteiger partial charge in [0.1, 0.15) is 5.82 Å². The first kappa shape index (κ1) is 12.9. The predicted octanol–water partition coefficient (Wildman–Crippen LogP) is 2.21. The number of likely N-dealkylation sites (N-methyl/N-ethyl adjacent to an activating group) is 1. The molecule has 1 aromatic rings. The maximum atomic E-state index is 13.4. The van der Waals surface area contributed by atoms with Gasteiger partial charge in [-0.2, -0.15) is 0 Å². The lowest BCUT2D eigenvalue weighted by molar-refractivity contribution is 0.162. The molecule has 2 nitrogen and oxygen atoms in total. The van der Waals surface area contributed by atoms with Crippen LogP contribution in [0.4, 0.5) is 4.39 Å². The van der Waals surface area contributed by atoms with Crippen molar-refractivity contribution in [3.8, 4) is 0 Å². The molecule has 0 amide bonds. The molecule has 1 heterocycles. The van der Waals surface area contributed by atoms with Crippen molar-refractivity contribution >= 4 is 11.8 Å². The normalized spacial score (nSPS) is 16.2. The van der Waals surface area contributed by atoms with Crippen molar-refractivity contribution in [2.45, 2.75) is 17.9 Å². The molecule has 0 atom stereocenters. The summed E-state index contributed by atoms with van der Waals surface area (Å²) in [4.78, 5) is 3.22. The highest BCUT2D eigenvalue weighted by atomic mass is 32.2. The second-order valence-corrected chi connectivity index (χ2v) is 5.36. The number of nitrogens with zero attached hydrogens (tertiary/aromatic N) is 1. The van der Waals surface area contributed by atoms with Gasteiger partial charge in [0.15, 0.2) is 0 Å². The van der Waals surface area contributed by atoms with Crippen LogP contribution in [0.25, 0.3) is 0 Å². The number of benzene rings is 1. The van der Waals surface area contributed by atoms with Crippen LogP contribution in [-0.4, -0.2) is 42.9 Å². The lowest BCUT2D eigenvalue weighted by atomic mass is 10.1. The summed E-state index contributed by atoms with van der Waals surface area (Å²) < 4.78 is 13.4. The minimum atomic E-state index is -0.106. The number of thioether (sulfide) groups is 1. The first-order valence-electron chi connectivity index (χ1n) is 6.13. The molecule has 0 aliphatic carbocycles. The highest BCUT2D eigenvalue weighted by Crippen LogP contribution is 2.21. The maximum Gasteiger partial charge on any atom is 0.136 e. The molecule has 0 saturated carbocycles. The average Bonchev–Trinajstić information content (AvgIpc) is 2.27. The van der Waals surface area contributed by atoms with Gasteiger partial charge in [-0.1, -0.05) is 19.1 Å². The summed E-state index contributed by atoms with van der Waals surface area (Å²) >= 11 is 1.61. The zero-order valence-corrected chi connectivity index (χ0v) is 11.0. The first-order chi connectivity index (χ1) is 8.31. The Labute approximate surface area is 107 Å². The van der Waals surface area contributed by atoms with Crippen LogP contribution in [0.2, 0.25) is 0 Å². The van der Waals surface area contributed by atoms with Gasteiger partial charge >= 0.3 is 0 Å². The fraction of sp³-hybridized carbons (Fsp3) is 0.538. The molecular weight excluding hydrogens is 235 g/mol. The molecule has 0 aromatic heterocycles. The van der Waals surface area contributed by atoms with Crippen molar-refractivity contribution in [2.75, 3.05) is 31.9 Å². The van der Waals surface area contributed by atoms with Crippen molar-refractivity contribution in [2.24, 2.45) is 0 Å². The Bertz CT molecular complexity index is 355. The van der Waals surface area contributed by atoms with E-state index in [-0.39, 0.29) is 5.82 Å². The Morgan fingerprint density at radius 2 is 2.18 bits per heavy atom. The summed E-state index contributed by atoms with van der Waals surface area (Å²) in [7, 11) is 0. The van der Waals surface area contributed by atoms with E-state index in [4.69, 9.17) is 0 Å². The molecule has 0 unspecified atom stereocenters. The third-order valence-electron chi connectivity index (χ3n) is 3.16. The highest BCUT2D eigenvalue weighted by Gasteiger charge is 2.22. The summed E-state index contributed by atoms with van der Waals surface area (Å²) in [5.41, 5.74) is 0. The summed E-state index contributed by atoms with van der Waals surface area (Å²) in [5.74, 6) is 0.844. The first-order valence-corrected chi connectivity index (χ1v) is 7.12. The lowest BCUT2D eigenvalue weighted by Gasteiger charge is -2.37. The molecule has 0 spiro atoms. The molecule has 4 heteroatoms. The summed E-state index contributed by atoms with van der Waals surface area (Å²) in [5, 5.41) is 3.28. The zero-order chi connectivity index (χ0) is 12.1. The largest absolute Gasteiger partial charge is 0.314 e. The van der Waals surface area contributed by atoms with Gasteiger partial charge in [-0.05, 0) is 18.7 Å². The maximum absolute atomic E-state index is 13.4. The smallest absolute Gasteiger partial charge is 0.136 e. The third kappa shape index (κ3) is 3.44. The Morgan fingerprint density at radius 1 is 1.41 bits per heavy atom. The van der Waals surface area contributed by atoms with Crippen LogP contribution < -0.4 is 5.32 Å². The fourth-order valence-electron chi connectivity index (χ4n) is 1.97. The van der Waals surface area contributed by atoms with Crippen molar-refractivity contribution in [3.63, 3.8) is 0 Å². The monoisotopic (exact) mass is 254 g/mol. The fourth-order valence-corrected chi connectivity index (χ4v) is 2.89. The van der Waals surface area contributed by atoms with Gasteiger partial charge in [0, 0.05) is 36.3 Å². The van der Waals surface area contributed by atoms with Crippen LogP contribution >= 0.6 is 11.8 Å². The number of nitrogens with one attached hydrogen (secondary N) is 1. The topological polar surface area (TPSA) is 15.3 Å². The van der Waals surface area contributed by atoms with Crippen molar-refractivity contribution in [1.82, 2.24) is 10.2 Å². The van der Waals surface area contributed by atoms with E-state index >= 15 is 0 Å². The van der Waals surface area contributed by atoms with Crippen molar-refractivity contribution < 1.29 is 4.39 Å². The molecule has 0 radical (unpaired) electrons. The molecule has 2 rings (SSSR count). The molecule has 1 aliphatic heterocycles. The van der Waals surface area contributed by atoms with E-state index < -0.39 is 0 Å². The highest BCUT2D eigenvalue weighted by molar-refractivity contribution is 7.99. The van der Waals surface area contributed by atoms with Gasteiger partial charge in [0.25, 0.3) is 0 Å². The molecule has 1 saturated heterocycles. The van der Waals surface area contributed by atoms with Gasteiger partial charge in [0.2, 0.25) is 0 Å². The van der Waals surface area contributed by atoms with Crippen LogP contribution in [-0.2, 0) is 0 Å². The third-order valence-corrected chi connectivity index (χ3v) is 4.18. The van der Waals surface area contributed by atoms with Crippen LogP contribution in [0, 0.1) is 5.82 Å². The van der Waals surface area contributed by atoms with Gasteiger partial charge in [-0.3, -0.25) is 4.90 Å². The average molecular weight is 254 g/mol. The van der Waals surface area contributed by atoms with Crippen molar-refractivity contribution in [1.29, 1.82) is 0 Å². The minimum absolute atomic E-state index is 0.106. The standard InChI is InChI=1S/C13H19FN2S/c1-2-16(11-9-15-10-11)7-8-17-13-6-4-3-5-12(13)14/h3-6,11,15H,2,7-10H2,1H3. The molecule has 1 fully saturated rings. The SMILES string of the molecule is CCN(CCSc1ccccc1F)C1CNC1. The summed E-state index contributed by atoms with van der Waals surface area (Å²) in [6.45, 7) is 6.48. The molecular formula is C13H19FN2S. The Balaban J connectivity index is 1.76. The van der Waals surface area contributed by atoms with Crippen molar-refractivity contribution in [3.05, 3.63) is 30.1 Å². The molecule has 1 aliphatic rings. The Hall–Kier alpha value is -0.580. The van der Waals surface area contributed by atoms with E-state index in [0.717, 1.165) is 36.8 Å². The van der Waals surface area contributed by atoms with E-state index in [9.17, 15) is 4.39 Å². The number of halogens is 1. The van der Waals surface area contributed by atoms with E-state index in [1.54, 1.807) is 17.8 Å². The predicted molar refractivity (Wildman–Crippen MR) is 71.0 cm³/mol. The second kappa shape index (κ2) is 6.38. The van der Waals surface area contributed by atoms with Crippen LogP contribution in [0.5, 0.6) is 0 Å². The van der Waals surface area contributed by atoms with E-state index in [0.29, 0.717) is 6.04 Å². The van der Waals surface area contributed by atoms with Gasteiger partial charge < -0.3 is 5.32 Å². The summed E-state index contributed by atoms with van der Waals surface area (Å²) in [6, 6.07) is 7.68. The lowest BCUT2D eigenvalue weighted by Crippen LogP contribution is -2.57. The summed E-state index contributed by atoms with van der Waals surface area (Å²) in [6.07, 6.45) is 0. The minimum Gasteiger partial charge on any atom is -0.314 e. The van der Waals surface area contributed by atoms with Crippen LogP contribution in [0.15, 0.2) is 29.2 Å². The number of hydrogen-bond donors (Lipinski definition) is 1. The van der Waals surface area contributed by atoms with Gasteiger partial charge in [0.05, 0.1) is 0 Å². The van der Waals surface area contributed by atoms with E-state index in [1.165, 1.54) is 6.07 Å². The molecule has 0 bridgehead atoms. The molecule has 17 heavy (non-hydrogen) atoms. The van der Waals surface area contributed by atoms with E-state index in [1.807, 2.05) is 12.1 Å². The zero-order valence-electron chi connectivity index (χ0n) is 10.2.